The molecule has 6 aliphatic rings. The predicted molar refractivity (Wildman–Crippen MR) is 455 cm³/mol. The van der Waals surface area contributed by atoms with E-state index in [1.165, 1.54) is 6.07 Å². The van der Waals surface area contributed by atoms with Crippen molar-refractivity contribution in [2.75, 3.05) is 14.7 Å². The summed E-state index contributed by atoms with van der Waals surface area (Å²) in [7, 11) is 0. The number of ether oxygens (including phenoxy) is 2. The van der Waals surface area contributed by atoms with E-state index in [1.54, 1.807) is 57.2 Å². The zero-order valence-corrected chi connectivity index (χ0v) is 75.7. The van der Waals surface area contributed by atoms with Gasteiger partial charge in [-0.25, -0.2) is 19.5 Å². The number of nitrogens with zero attached hydrogens (tertiary/aromatic N) is 8. The van der Waals surface area contributed by atoms with Gasteiger partial charge in [0.15, 0.2) is 15.5 Å². The molecule has 6 heterocycles. The number of halogens is 3. The summed E-state index contributed by atoms with van der Waals surface area (Å²) < 4.78 is 12.0. The third kappa shape index (κ3) is 28.6. The van der Waals surface area contributed by atoms with Crippen LogP contribution >= 0.6 is 68.8 Å². The number of nitrogens with one attached hydrogen (secondary N) is 1. The molecule has 22 nitrogen and oxygen atoms in total. The predicted octanol–water partition coefficient (Wildman–Crippen LogP) is 16.5. The van der Waals surface area contributed by atoms with Crippen molar-refractivity contribution in [1.82, 2.24) is 30.6 Å². The molecule has 0 unspecified atom stereocenters. The van der Waals surface area contributed by atoms with Crippen LogP contribution in [0.5, 0.6) is 11.8 Å². The summed E-state index contributed by atoms with van der Waals surface area (Å²) in [5, 5.41) is 62.1. The van der Waals surface area contributed by atoms with E-state index in [0.29, 0.717) is 141 Å². The third-order valence-corrected chi connectivity index (χ3v) is 25.2. The first kappa shape index (κ1) is 94.6. The van der Waals surface area contributed by atoms with Gasteiger partial charge in [0.25, 0.3) is 5.56 Å². The molecule has 0 aliphatic heterocycles. The quantitative estimate of drug-likeness (QED) is 0.0444. The van der Waals surface area contributed by atoms with Crippen molar-refractivity contribution in [3.05, 3.63) is 110 Å². The number of carboxylic acid groups (broad SMARTS) is 3. The molecule has 6 aliphatic carbocycles. The molecule has 0 spiro atoms. The molecule has 6 saturated carbocycles. The SMILES string of the molecule is CC1CCC(C(=O)N(c2cc(C#CC(C)(C)C)sc2C(=O)O)C2CCC(O)CC2)CC1.CC1CCC(C(=O)N(c2cc(C#CC(C)(C)C)sc2C(=O)O)C2CCC(Oc3ccc(=O)[nH]n3)CC2)CC1.CC1CCC(C(=O)N(c2cc(C#CC(C)(C)C)sc2C(=O)O)C2CCC(Oc3ccc(Cl)nn3)CC2)CC1.Clc1ccc(Cl)nn1.[H-].[Na+]. The first-order valence-electron chi connectivity index (χ1n) is 40.2. The standard InChI is InChI=1S/C29H36ClN3O4S.C29H37N3O5S.C25H35NO4S.C4H2Cl2N2.Na.H/c1-18-5-7-19(8-6-18)27(34)33(23-17-22(15-16-29(2,3)4)38-26(23)28(35)36)20-9-11-21(12-10-20)37-25-14-13-24(30)31-32-25;1-18-5-7-19(8-6-18)27(34)32(23-17-22(15-16-29(2,3)4)38-26(23)28(35)36)20-9-11-21(12-10-20)37-25-14-13-24(33)30-31-25;1-16-5-7-17(8-6-16)23(28)26(18-9-11-19(27)12-10-18)21-15-20(13-14-25(2,3)4)31-22(21)24(29)30;5-3-1-2-4(6)8-7-3;;/h13-14,17-21H,5-12H2,1-4H3,(H,35,36);13-14,17-21H,5-12H2,1-4H3,(H,30,33)(H,35,36);15-19,27H,5-12H2,1-4H3,(H,29,30);1-2H;;/q;;;;+1;-1. The number of aromatic nitrogens is 6. The number of carbonyl (C=O) groups is 6. The van der Waals surface area contributed by atoms with Crippen molar-refractivity contribution >= 4 is 122 Å². The number of carbonyl (C=O) groups excluding carboxylic acids is 3. The van der Waals surface area contributed by atoms with Crippen LogP contribution in [0, 0.1) is 87.3 Å². The maximum atomic E-state index is 14.0. The molecule has 6 fully saturated rings. The van der Waals surface area contributed by atoms with E-state index in [9.17, 15) is 54.0 Å². The Kier molecular flexibility index (Phi) is 35.3. The van der Waals surface area contributed by atoms with Gasteiger partial charge < -0.3 is 46.0 Å². The maximum absolute atomic E-state index is 14.0. The van der Waals surface area contributed by atoms with Gasteiger partial charge in [0.2, 0.25) is 29.5 Å². The van der Waals surface area contributed by atoms with Crippen molar-refractivity contribution in [2.45, 2.75) is 274 Å². The molecular weight excluding hydrogens is 1600 g/mol. The van der Waals surface area contributed by atoms with Crippen molar-refractivity contribution < 1.29 is 89.7 Å². The summed E-state index contributed by atoms with van der Waals surface area (Å²) >= 11 is 20.0. The van der Waals surface area contributed by atoms with Crippen LogP contribution in [0.2, 0.25) is 15.5 Å². The fraction of sp³-hybridized carbons (Fsp3) is 0.586. The van der Waals surface area contributed by atoms with Crippen LogP contribution in [-0.2, 0) is 14.4 Å². The van der Waals surface area contributed by atoms with Gasteiger partial charge in [-0.15, -0.1) is 59.5 Å². The smallest absolute Gasteiger partial charge is 1.00 e. The summed E-state index contributed by atoms with van der Waals surface area (Å²) in [6, 6.07) is 14.5. The Bertz CT molecular complexity index is 4530. The van der Waals surface area contributed by atoms with E-state index in [2.05, 4.69) is 86.9 Å². The number of aromatic carboxylic acids is 3. The second-order valence-electron chi connectivity index (χ2n) is 34.6. The topological polar surface area (TPSA) is 309 Å². The van der Waals surface area contributed by atoms with Crippen LogP contribution in [0.3, 0.4) is 0 Å². The van der Waals surface area contributed by atoms with E-state index in [1.807, 2.05) is 68.4 Å². The largest absolute Gasteiger partial charge is 1.00 e. The molecule has 0 atom stereocenters. The van der Waals surface area contributed by atoms with E-state index < -0.39 is 17.9 Å². The van der Waals surface area contributed by atoms with Gasteiger partial charge in [-0.05, 0) is 271 Å². The van der Waals surface area contributed by atoms with Crippen molar-refractivity contribution in [2.24, 2.45) is 51.8 Å². The molecule has 0 bridgehead atoms. The number of rotatable bonds is 16. The molecule has 5 N–H and O–H groups in total. The molecule has 29 heteroatoms. The van der Waals surface area contributed by atoms with Crippen molar-refractivity contribution in [3.63, 3.8) is 0 Å². The fourth-order valence-electron chi connectivity index (χ4n) is 15.2. The summed E-state index contributed by atoms with van der Waals surface area (Å²) in [5.74, 6) is 18.4. The Morgan fingerprint density at radius 1 is 0.431 bits per heavy atom. The van der Waals surface area contributed by atoms with E-state index in [-0.39, 0.29) is 139 Å². The van der Waals surface area contributed by atoms with Gasteiger partial charge in [0, 0.05) is 70.3 Å². The van der Waals surface area contributed by atoms with E-state index in [0.717, 1.165) is 124 Å². The zero-order valence-electron chi connectivity index (χ0n) is 70.0. The summed E-state index contributed by atoms with van der Waals surface area (Å²) in [6.45, 7) is 24.8. The van der Waals surface area contributed by atoms with Gasteiger partial charge in [-0.1, -0.05) is 91.1 Å². The van der Waals surface area contributed by atoms with Gasteiger partial charge in [0.1, 0.15) is 26.8 Å². The van der Waals surface area contributed by atoms with Crippen LogP contribution in [-0.4, -0.2) is 123 Å². The Hall–Kier alpha value is -6.93. The van der Waals surface area contributed by atoms with Crippen LogP contribution in [0.25, 0.3) is 0 Å². The number of H-pyrrole nitrogens is 1. The summed E-state index contributed by atoms with van der Waals surface area (Å²) in [5.41, 5.74) is 0.523. The zero-order chi connectivity index (χ0) is 83.6. The minimum absolute atomic E-state index is 0. The molecule has 0 aromatic carbocycles. The Labute approximate surface area is 732 Å². The molecule has 6 aromatic rings. The number of carboxylic acids is 3. The van der Waals surface area contributed by atoms with Gasteiger partial charge >= 0.3 is 47.5 Å². The second kappa shape index (κ2) is 43.3. The number of aromatic amines is 1. The first-order chi connectivity index (χ1) is 54.3. The summed E-state index contributed by atoms with van der Waals surface area (Å²) in [4.78, 5) is 97.7. The van der Waals surface area contributed by atoms with E-state index in [4.69, 9.17) is 44.3 Å². The van der Waals surface area contributed by atoms with E-state index >= 15 is 0 Å². The van der Waals surface area contributed by atoms with Crippen LogP contribution < -0.4 is 59.3 Å². The molecule has 116 heavy (non-hydrogen) atoms. The van der Waals surface area contributed by atoms with Gasteiger partial charge in [-0.3, -0.25) is 19.2 Å². The average molecular weight is 1720 g/mol. The molecular formula is C87H111Cl3N9NaO13S3. The van der Waals surface area contributed by atoms with Crippen molar-refractivity contribution in [1.29, 1.82) is 0 Å². The van der Waals surface area contributed by atoms with Crippen LogP contribution in [0.4, 0.5) is 17.1 Å². The number of aliphatic hydroxyl groups excluding tert-OH is 1. The van der Waals surface area contributed by atoms with Gasteiger partial charge in [0.05, 0.1) is 37.8 Å². The number of thiophene rings is 3. The third-order valence-electron chi connectivity index (χ3n) is 21.5. The Morgan fingerprint density at radius 3 is 0.983 bits per heavy atom. The molecule has 0 saturated heterocycles. The minimum atomic E-state index is -1.04. The molecule has 3 amide bonds. The molecule has 12 rings (SSSR count). The Balaban J connectivity index is 0.000000230. The summed E-state index contributed by atoms with van der Waals surface area (Å²) in [6.07, 6.45) is 19.0. The maximum Gasteiger partial charge on any atom is 1.00 e. The molecule has 622 valence electrons. The monoisotopic (exact) mass is 1710 g/mol. The average Bonchev–Trinajstić information content (AvgIpc) is 1.73. The normalized spacial score (nSPS) is 23.3. The van der Waals surface area contributed by atoms with Crippen LogP contribution in [0.15, 0.2) is 59.4 Å². The fourth-order valence-corrected chi connectivity index (χ4v) is 18.1. The number of anilines is 3. The Morgan fingerprint density at radius 2 is 0.716 bits per heavy atom. The number of hydrogen-bond donors (Lipinski definition) is 5. The van der Waals surface area contributed by atoms with Crippen LogP contribution in [0.1, 0.15) is 282 Å². The second-order valence-corrected chi connectivity index (χ2v) is 38.9. The van der Waals surface area contributed by atoms with Crippen molar-refractivity contribution in [3.8, 4) is 47.3 Å². The number of hydrogen-bond acceptors (Lipinski definition) is 18. The molecule has 0 radical (unpaired) electrons. The number of aliphatic hydroxyl groups is 1. The number of amides is 3. The first-order valence-corrected chi connectivity index (χ1v) is 43.8. The minimum Gasteiger partial charge on any atom is -1.00 e. The molecule has 6 aromatic heterocycles. The van der Waals surface area contributed by atoms with Gasteiger partial charge in [-0.2, -0.15) is 0 Å².